The molecule has 2 N–H and O–H groups in total. The monoisotopic (exact) mass is 392 g/mol. The average Bonchev–Trinajstić information content (AvgIpc) is 2.67. The number of carbonyl (C=O) groups is 3. The maximum absolute atomic E-state index is 13.6. The van der Waals surface area contributed by atoms with E-state index >= 15 is 0 Å². The highest BCUT2D eigenvalue weighted by Crippen LogP contribution is 2.18. The number of halogens is 1. The van der Waals surface area contributed by atoms with Gasteiger partial charge in [0.2, 0.25) is 0 Å². The lowest BCUT2D eigenvalue weighted by atomic mass is 9.96. The van der Waals surface area contributed by atoms with Crippen LogP contribution in [0, 0.1) is 5.82 Å². The van der Waals surface area contributed by atoms with Gasteiger partial charge in [-0.05, 0) is 43.5 Å². The van der Waals surface area contributed by atoms with E-state index in [9.17, 15) is 18.8 Å². The molecule has 1 fully saturated rings. The van der Waals surface area contributed by atoms with Gasteiger partial charge in [0.05, 0.1) is 7.11 Å². The highest BCUT2D eigenvalue weighted by atomic mass is 19.1. The zero-order valence-corrected chi connectivity index (χ0v) is 16.0. The predicted molar refractivity (Wildman–Crippen MR) is 101 cm³/mol. The summed E-state index contributed by atoms with van der Waals surface area (Å²) in [5, 5.41) is 4.92. The molecule has 1 aliphatic rings. The minimum Gasteiger partial charge on any atom is -0.494 e. The predicted octanol–water partition coefficient (Wildman–Crippen LogP) is 2.94. The molecule has 0 aliphatic heterocycles. The van der Waals surface area contributed by atoms with Gasteiger partial charge in [-0.2, -0.15) is 0 Å². The highest BCUT2D eigenvalue weighted by Gasteiger charge is 2.21. The Kier molecular flexibility index (Phi) is 7.98. The van der Waals surface area contributed by atoms with Crippen LogP contribution in [0.5, 0.6) is 5.75 Å². The van der Waals surface area contributed by atoms with Crippen LogP contribution in [0.15, 0.2) is 24.3 Å². The third kappa shape index (κ3) is 6.68. The SMILES string of the molecule is COc1ccc(/C=C/C(=O)O[C@H](C)C(=O)NC(=O)NC2CCCCC2)cc1F. The van der Waals surface area contributed by atoms with Crippen LogP contribution < -0.4 is 15.4 Å². The van der Waals surface area contributed by atoms with Gasteiger partial charge < -0.3 is 14.8 Å². The van der Waals surface area contributed by atoms with Crippen molar-refractivity contribution in [2.45, 2.75) is 51.2 Å². The molecule has 0 unspecified atom stereocenters. The Morgan fingerprint density at radius 2 is 1.93 bits per heavy atom. The van der Waals surface area contributed by atoms with Gasteiger partial charge >= 0.3 is 12.0 Å². The second-order valence-electron chi connectivity index (χ2n) is 6.60. The Bertz CT molecular complexity index is 744. The second kappa shape index (κ2) is 10.4. The van der Waals surface area contributed by atoms with Gasteiger partial charge in [-0.1, -0.05) is 25.3 Å². The van der Waals surface area contributed by atoms with E-state index in [1.807, 2.05) is 0 Å². The lowest BCUT2D eigenvalue weighted by Crippen LogP contribution is -2.48. The first-order chi connectivity index (χ1) is 13.4. The van der Waals surface area contributed by atoms with Gasteiger partial charge in [0.15, 0.2) is 17.7 Å². The van der Waals surface area contributed by atoms with Crippen LogP contribution in [-0.2, 0) is 14.3 Å². The number of urea groups is 1. The number of carbonyl (C=O) groups excluding carboxylic acids is 3. The number of hydrogen-bond acceptors (Lipinski definition) is 5. The lowest BCUT2D eigenvalue weighted by Gasteiger charge is -2.23. The molecule has 7 nitrogen and oxygen atoms in total. The fourth-order valence-corrected chi connectivity index (χ4v) is 2.90. The normalized spacial score (nSPS) is 15.7. The van der Waals surface area contributed by atoms with Crippen LogP contribution in [0.3, 0.4) is 0 Å². The maximum atomic E-state index is 13.6. The van der Waals surface area contributed by atoms with Crippen LogP contribution >= 0.6 is 0 Å². The Morgan fingerprint density at radius 1 is 1.21 bits per heavy atom. The summed E-state index contributed by atoms with van der Waals surface area (Å²) in [7, 11) is 1.35. The molecule has 8 heteroatoms. The number of hydrogen-bond donors (Lipinski definition) is 2. The quantitative estimate of drug-likeness (QED) is 0.573. The molecule has 0 aromatic heterocycles. The fourth-order valence-electron chi connectivity index (χ4n) is 2.90. The summed E-state index contributed by atoms with van der Waals surface area (Å²) in [4.78, 5) is 35.7. The van der Waals surface area contributed by atoms with Crippen molar-refractivity contribution in [2.24, 2.45) is 0 Å². The molecule has 0 radical (unpaired) electrons. The lowest BCUT2D eigenvalue weighted by molar-refractivity contribution is -0.149. The Balaban J connectivity index is 1.79. The molecule has 3 amide bonds. The average molecular weight is 392 g/mol. The molecule has 0 spiro atoms. The zero-order valence-electron chi connectivity index (χ0n) is 16.0. The minimum absolute atomic E-state index is 0.0623. The van der Waals surface area contributed by atoms with E-state index in [0.717, 1.165) is 38.2 Å². The van der Waals surface area contributed by atoms with E-state index < -0.39 is 29.8 Å². The van der Waals surface area contributed by atoms with E-state index in [1.54, 1.807) is 6.07 Å². The zero-order chi connectivity index (χ0) is 20.5. The summed E-state index contributed by atoms with van der Waals surface area (Å²) in [6, 6.07) is 3.67. The molecular weight excluding hydrogens is 367 g/mol. The first-order valence-corrected chi connectivity index (χ1v) is 9.22. The van der Waals surface area contributed by atoms with Crippen molar-refractivity contribution in [3.05, 3.63) is 35.7 Å². The van der Waals surface area contributed by atoms with E-state index in [2.05, 4.69) is 10.6 Å². The van der Waals surface area contributed by atoms with Crippen LogP contribution in [0.2, 0.25) is 0 Å². The molecule has 152 valence electrons. The number of esters is 1. The smallest absolute Gasteiger partial charge is 0.331 e. The number of amides is 3. The molecule has 1 aromatic rings. The van der Waals surface area contributed by atoms with E-state index in [-0.39, 0.29) is 11.8 Å². The van der Waals surface area contributed by atoms with Crippen molar-refractivity contribution in [3.8, 4) is 5.75 Å². The number of imide groups is 1. The highest BCUT2D eigenvalue weighted by molar-refractivity contribution is 5.98. The van der Waals surface area contributed by atoms with Crippen molar-refractivity contribution in [2.75, 3.05) is 7.11 Å². The third-order valence-corrected chi connectivity index (χ3v) is 4.43. The largest absolute Gasteiger partial charge is 0.494 e. The van der Waals surface area contributed by atoms with Crippen molar-refractivity contribution in [1.82, 2.24) is 10.6 Å². The van der Waals surface area contributed by atoms with E-state index in [0.29, 0.717) is 5.56 Å². The molecular formula is C20H25FN2O5. The molecule has 0 bridgehead atoms. The van der Waals surface area contributed by atoms with Crippen molar-refractivity contribution in [1.29, 1.82) is 0 Å². The van der Waals surface area contributed by atoms with Gasteiger partial charge in [0, 0.05) is 12.1 Å². The summed E-state index contributed by atoms with van der Waals surface area (Å²) in [6.07, 6.45) is 6.32. The Labute approximate surface area is 163 Å². The van der Waals surface area contributed by atoms with Gasteiger partial charge in [-0.3, -0.25) is 10.1 Å². The molecule has 1 aromatic carbocycles. The topological polar surface area (TPSA) is 93.7 Å². The molecule has 28 heavy (non-hydrogen) atoms. The molecule has 1 aliphatic carbocycles. The standard InChI is InChI=1S/C20H25FN2O5/c1-13(19(25)23-20(26)22-15-6-4-3-5-7-15)28-18(24)11-9-14-8-10-17(27-2)16(21)12-14/h8-13,15H,3-7H2,1-2H3,(H2,22,23,25,26)/b11-9+/t13-/m1/s1. The summed E-state index contributed by atoms with van der Waals surface area (Å²) in [5.41, 5.74) is 0.430. The Hall–Kier alpha value is -2.90. The minimum atomic E-state index is -1.15. The number of rotatable bonds is 6. The summed E-state index contributed by atoms with van der Waals surface area (Å²) >= 11 is 0. The van der Waals surface area contributed by atoms with E-state index in [1.165, 1.54) is 32.2 Å². The van der Waals surface area contributed by atoms with E-state index in [4.69, 9.17) is 9.47 Å². The van der Waals surface area contributed by atoms with Gasteiger partial charge in [0.25, 0.3) is 5.91 Å². The Morgan fingerprint density at radius 3 is 2.57 bits per heavy atom. The van der Waals surface area contributed by atoms with Crippen molar-refractivity contribution >= 4 is 24.0 Å². The summed E-state index contributed by atoms with van der Waals surface area (Å²) < 4.78 is 23.4. The van der Waals surface area contributed by atoms with Gasteiger partial charge in [-0.15, -0.1) is 0 Å². The number of ether oxygens (including phenoxy) is 2. The summed E-state index contributed by atoms with van der Waals surface area (Å²) in [6.45, 7) is 1.36. The first kappa shape index (κ1) is 21.4. The molecule has 2 rings (SSSR count). The number of methoxy groups -OCH3 is 1. The van der Waals surface area contributed by atoms with Crippen molar-refractivity contribution < 1.29 is 28.2 Å². The number of nitrogens with one attached hydrogen (secondary N) is 2. The number of benzene rings is 1. The molecule has 0 saturated heterocycles. The van der Waals surface area contributed by atoms with Gasteiger partial charge in [0.1, 0.15) is 0 Å². The molecule has 1 atom stereocenters. The summed E-state index contributed by atoms with van der Waals surface area (Å²) in [5.74, 6) is -1.97. The van der Waals surface area contributed by atoms with Crippen molar-refractivity contribution in [3.63, 3.8) is 0 Å². The molecule has 0 heterocycles. The fraction of sp³-hybridized carbons (Fsp3) is 0.450. The maximum Gasteiger partial charge on any atom is 0.331 e. The van der Waals surface area contributed by atoms with Crippen LogP contribution in [-0.4, -0.2) is 37.2 Å². The second-order valence-corrected chi connectivity index (χ2v) is 6.60. The van der Waals surface area contributed by atoms with Gasteiger partial charge in [-0.25, -0.2) is 14.0 Å². The van der Waals surface area contributed by atoms with Crippen LogP contribution in [0.1, 0.15) is 44.6 Å². The first-order valence-electron chi connectivity index (χ1n) is 9.22. The van der Waals surface area contributed by atoms with Crippen LogP contribution in [0.25, 0.3) is 6.08 Å². The van der Waals surface area contributed by atoms with Crippen LogP contribution in [0.4, 0.5) is 9.18 Å². The third-order valence-electron chi connectivity index (χ3n) is 4.43. The molecule has 1 saturated carbocycles.